The second kappa shape index (κ2) is 6.89. The van der Waals surface area contributed by atoms with Crippen LogP contribution in [-0.2, 0) is 4.79 Å². The van der Waals surface area contributed by atoms with Crippen LogP contribution in [0, 0.1) is 0 Å². The summed E-state index contributed by atoms with van der Waals surface area (Å²) in [5, 5.41) is 15.7. The Bertz CT molecular complexity index is 723. The van der Waals surface area contributed by atoms with Gasteiger partial charge in [-0.3, -0.25) is 4.79 Å². The van der Waals surface area contributed by atoms with Crippen molar-refractivity contribution in [2.45, 2.75) is 12.8 Å². The van der Waals surface area contributed by atoms with Gasteiger partial charge in [-0.2, -0.15) is 0 Å². The number of amides is 1. The summed E-state index contributed by atoms with van der Waals surface area (Å²) in [7, 11) is 0. The molecule has 2 heterocycles. The van der Waals surface area contributed by atoms with Crippen molar-refractivity contribution < 1.29 is 19.6 Å². The fourth-order valence-electron chi connectivity index (χ4n) is 2.71. The van der Waals surface area contributed by atoms with Crippen molar-refractivity contribution in [1.29, 1.82) is 0 Å². The zero-order chi connectivity index (χ0) is 16.2. The van der Waals surface area contributed by atoms with Crippen molar-refractivity contribution in [2.75, 3.05) is 25.0 Å². The molecule has 1 aromatic carbocycles. The van der Waals surface area contributed by atoms with Crippen molar-refractivity contribution in [3.8, 4) is 10.6 Å². The number of thiazole rings is 1. The maximum Gasteiger partial charge on any atom is 0.279 e. The summed E-state index contributed by atoms with van der Waals surface area (Å²) in [6, 6.07) is 7.26. The number of likely N-dealkylation sites (tertiary alicyclic amines) is 1. The minimum atomic E-state index is -1.29. The van der Waals surface area contributed by atoms with E-state index >= 15 is 0 Å². The van der Waals surface area contributed by atoms with E-state index in [4.69, 9.17) is 0 Å². The summed E-state index contributed by atoms with van der Waals surface area (Å²) in [5.74, 6) is -1.29. The minimum absolute atomic E-state index is 0.00591. The number of aromatic carboxylic acids is 1. The van der Waals surface area contributed by atoms with E-state index in [1.165, 1.54) is 34.5 Å². The monoisotopic (exact) mass is 331 g/mol. The third-order valence-electron chi connectivity index (χ3n) is 3.83. The number of hydrogen-bond donors (Lipinski definition) is 2. The van der Waals surface area contributed by atoms with Crippen LogP contribution >= 0.6 is 11.3 Å². The first kappa shape index (κ1) is 15.6. The quantitative estimate of drug-likeness (QED) is 0.794. The number of nitrogens with zero attached hydrogens (tertiary/aromatic N) is 1. The molecule has 6 nitrogen and oxygen atoms in total. The molecule has 23 heavy (non-hydrogen) atoms. The molecule has 1 aromatic heterocycles. The molecule has 0 spiro atoms. The predicted octanol–water partition coefficient (Wildman–Crippen LogP) is -0.209. The van der Waals surface area contributed by atoms with E-state index in [0.29, 0.717) is 17.2 Å². The molecule has 2 N–H and O–H groups in total. The van der Waals surface area contributed by atoms with Crippen molar-refractivity contribution in [3.63, 3.8) is 0 Å². The number of aromatic nitrogens is 1. The Kier molecular flexibility index (Phi) is 4.68. The first-order valence-corrected chi connectivity index (χ1v) is 8.40. The van der Waals surface area contributed by atoms with Gasteiger partial charge in [-0.1, -0.05) is 12.1 Å². The zero-order valence-electron chi connectivity index (χ0n) is 12.5. The lowest BCUT2D eigenvalue weighted by Crippen LogP contribution is -3.11. The minimum Gasteiger partial charge on any atom is -0.543 e. The number of carboxylic acids is 1. The molecule has 0 radical (unpaired) electrons. The van der Waals surface area contributed by atoms with Gasteiger partial charge in [0.1, 0.15) is 5.01 Å². The molecule has 120 valence electrons. The van der Waals surface area contributed by atoms with Crippen LogP contribution in [0.4, 0.5) is 5.69 Å². The largest absolute Gasteiger partial charge is 0.543 e. The third kappa shape index (κ3) is 3.94. The molecule has 0 bridgehead atoms. The molecule has 0 unspecified atom stereocenters. The van der Waals surface area contributed by atoms with Crippen molar-refractivity contribution in [1.82, 2.24) is 4.98 Å². The van der Waals surface area contributed by atoms with Crippen LogP contribution in [0.2, 0.25) is 0 Å². The number of hydrogen-bond acceptors (Lipinski definition) is 5. The molecular weight excluding hydrogens is 314 g/mol. The molecule has 0 saturated carbocycles. The summed E-state index contributed by atoms with van der Waals surface area (Å²) < 4.78 is 0. The summed E-state index contributed by atoms with van der Waals surface area (Å²) in [6.45, 7) is 2.59. The Hall–Kier alpha value is -2.25. The van der Waals surface area contributed by atoms with Gasteiger partial charge < -0.3 is 20.1 Å². The number of benzene rings is 1. The topological polar surface area (TPSA) is 86.6 Å². The van der Waals surface area contributed by atoms with Crippen LogP contribution in [0.1, 0.15) is 23.3 Å². The van der Waals surface area contributed by atoms with Gasteiger partial charge in [-0.05, 0) is 12.1 Å². The normalized spacial score (nSPS) is 14.8. The predicted molar refractivity (Wildman–Crippen MR) is 85.3 cm³/mol. The smallest absolute Gasteiger partial charge is 0.279 e. The lowest BCUT2D eigenvalue weighted by molar-refractivity contribution is -0.878. The van der Waals surface area contributed by atoms with Crippen molar-refractivity contribution in [2.24, 2.45) is 0 Å². The Morgan fingerprint density at radius 1 is 1.30 bits per heavy atom. The van der Waals surface area contributed by atoms with Crippen molar-refractivity contribution in [3.05, 3.63) is 35.3 Å². The first-order chi connectivity index (χ1) is 11.1. The first-order valence-electron chi connectivity index (χ1n) is 7.52. The Labute approximate surface area is 137 Å². The highest BCUT2D eigenvalue weighted by molar-refractivity contribution is 7.13. The molecule has 0 aliphatic carbocycles. The standard InChI is InChI=1S/C16H17N3O3S/c20-14(9-19-6-1-2-7-19)17-12-5-3-4-11(8-12)15-18-13(10-23-15)16(21)22/h3-5,8,10H,1-2,6-7,9H2,(H,17,20)(H,21,22). The second-order valence-electron chi connectivity index (χ2n) is 5.59. The number of nitrogens with one attached hydrogen (secondary N) is 2. The van der Waals surface area contributed by atoms with Crippen molar-refractivity contribution >= 4 is 28.9 Å². The van der Waals surface area contributed by atoms with E-state index in [1.54, 1.807) is 6.07 Å². The highest BCUT2D eigenvalue weighted by Crippen LogP contribution is 2.25. The van der Waals surface area contributed by atoms with E-state index in [9.17, 15) is 14.7 Å². The van der Waals surface area contributed by atoms with E-state index in [0.717, 1.165) is 18.7 Å². The highest BCUT2D eigenvalue weighted by atomic mass is 32.1. The number of anilines is 1. The molecule has 0 atom stereocenters. The summed E-state index contributed by atoms with van der Waals surface area (Å²) in [4.78, 5) is 28.2. The van der Waals surface area contributed by atoms with Gasteiger partial charge in [0.15, 0.2) is 6.54 Å². The molecule has 1 saturated heterocycles. The van der Waals surface area contributed by atoms with E-state index in [2.05, 4.69) is 10.3 Å². The van der Waals surface area contributed by atoms with Crippen LogP contribution < -0.4 is 15.3 Å². The molecule has 1 aliphatic heterocycles. The van der Waals surface area contributed by atoms with Crippen LogP contribution in [0.25, 0.3) is 10.6 Å². The summed E-state index contributed by atoms with van der Waals surface area (Å²) in [6.07, 6.45) is 2.37. The van der Waals surface area contributed by atoms with E-state index in [1.807, 2.05) is 18.2 Å². The Balaban J connectivity index is 1.68. The molecule has 1 fully saturated rings. The number of carbonyl (C=O) groups excluding carboxylic acids is 2. The van der Waals surface area contributed by atoms with Gasteiger partial charge in [0.2, 0.25) is 0 Å². The highest BCUT2D eigenvalue weighted by Gasteiger charge is 2.18. The molecule has 1 aliphatic rings. The third-order valence-corrected chi connectivity index (χ3v) is 4.72. The summed E-state index contributed by atoms with van der Waals surface area (Å²) >= 11 is 1.24. The van der Waals surface area contributed by atoms with Gasteiger partial charge in [0, 0.05) is 29.5 Å². The molecule has 2 aromatic rings. The lowest BCUT2D eigenvalue weighted by atomic mass is 10.2. The lowest BCUT2D eigenvalue weighted by Gasteiger charge is -2.12. The van der Waals surface area contributed by atoms with Gasteiger partial charge in [0.05, 0.1) is 24.8 Å². The van der Waals surface area contributed by atoms with Crippen LogP contribution in [0.3, 0.4) is 0 Å². The average Bonchev–Trinajstić information content (AvgIpc) is 3.18. The van der Waals surface area contributed by atoms with E-state index in [-0.39, 0.29) is 11.6 Å². The maximum absolute atomic E-state index is 12.1. The van der Waals surface area contributed by atoms with Gasteiger partial charge in [-0.25, -0.2) is 4.98 Å². The van der Waals surface area contributed by atoms with Gasteiger partial charge in [0.25, 0.3) is 5.91 Å². The van der Waals surface area contributed by atoms with Crippen LogP contribution in [0.15, 0.2) is 29.6 Å². The van der Waals surface area contributed by atoms with Gasteiger partial charge >= 0.3 is 0 Å². The number of quaternary nitrogens is 1. The maximum atomic E-state index is 12.1. The summed E-state index contributed by atoms with van der Waals surface area (Å²) in [5.41, 5.74) is 1.39. The number of carboxylic acid groups (broad SMARTS) is 1. The molecule has 3 rings (SSSR count). The SMILES string of the molecule is O=C(C[NH+]1CCCC1)Nc1cccc(-c2nc(C(=O)[O-])cs2)c1. The molecule has 1 amide bonds. The van der Waals surface area contributed by atoms with Gasteiger partial charge in [-0.15, -0.1) is 11.3 Å². The second-order valence-corrected chi connectivity index (χ2v) is 6.45. The fraction of sp³-hybridized carbons (Fsp3) is 0.312. The number of carbonyl (C=O) groups is 2. The average molecular weight is 331 g/mol. The van der Waals surface area contributed by atoms with E-state index < -0.39 is 5.97 Å². The molecular formula is C16H17N3O3S. The van der Waals surface area contributed by atoms with Crippen LogP contribution in [0.5, 0.6) is 0 Å². The fourth-order valence-corrected chi connectivity index (χ4v) is 3.50. The zero-order valence-corrected chi connectivity index (χ0v) is 13.3. The Morgan fingerprint density at radius 2 is 2.09 bits per heavy atom. The molecule has 7 heteroatoms. The van der Waals surface area contributed by atoms with Crippen LogP contribution in [-0.4, -0.2) is 36.5 Å². The Morgan fingerprint density at radius 3 is 2.78 bits per heavy atom. The number of rotatable bonds is 5.